The molecule has 1 fully saturated rings. The van der Waals surface area contributed by atoms with Gasteiger partial charge in [0.25, 0.3) is 0 Å². The van der Waals surface area contributed by atoms with Crippen molar-refractivity contribution in [2.75, 3.05) is 18.0 Å². The summed E-state index contributed by atoms with van der Waals surface area (Å²) in [7, 11) is 0. The van der Waals surface area contributed by atoms with E-state index in [-0.39, 0.29) is 0 Å². The molecule has 3 rings (SSSR count). The smallest absolute Gasteiger partial charge is 0.234 e. The maximum absolute atomic E-state index is 5.77. The molecule has 2 atom stereocenters. The van der Waals surface area contributed by atoms with Gasteiger partial charge in [0.15, 0.2) is 5.82 Å². The van der Waals surface area contributed by atoms with Crippen LogP contribution in [0.2, 0.25) is 0 Å². The van der Waals surface area contributed by atoms with Crippen molar-refractivity contribution >= 4 is 5.82 Å². The van der Waals surface area contributed by atoms with Crippen LogP contribution in [0.3, 0.4) is 0 Å². The molecule has 116 valence electrons. The average molecular weight is 298 g/mol. The van der Waals surface area contributed by atoms with Crippen LogP contribution in [0.15, 0.2) is 42.7 Å². The molecule has 5 heteroatoms. The second-order valence-corrected chi connectivity index (χ2v) is 5.80. The normalized spacial score (nSPS) is 21.6. The lowest BCUT2D eigenvalue weighted by Crippen LogP contribution is -2.54. The molecule has 1 aliphatic heterocycles. The van der Waals surface area contributed by atoms with E-state index in [2.05, 4.69) is 34.0 Å². The first-order valence-electron chi connectivity index (χ1n) is 7.71. The topological polar surface area (TPSA) is 50.3 Å². The predicted octanol–water partition coefficient (Wildman–Crippen LogP) is 2.24. The molecule has 1 aromatic carbocycles. The van der Waals surface area contributed by atoms with E-state index in [0.29, 0.717) is 24.6 Å². The Morgan fingerprint density at radius 1 is 1.23 bits per heavy atom. The first-order chi connectivity index (χ1) is 10.7. The Hall–Kier alpha value is -2.14. The van der Waals surface area contributed by atoms with Gasteiger partial charge in [0.05, 0.1) is 12.4 Å². The molecule has 5 nitrogen and oxygen atoms in total. The quantitative estimate of drug-likeness (QED) is 0.938. The van der Waals surface area contributed by atoms with E-state index in [1.165, 1.54) is 0 Å². The van der Waals surface area contributed by atoms with Gasteiger partial charge in [-0.15, -0.1) is 0 Å². The fraction of sp³-hybridized carbons (Fsp3) is 0.412. The highest BCUT2D eigenvalue weighted by Gasteiger charge is 2.23. The minimum absolute atomic E-state index is 0.398. The predicted molar refractivity (Wildman–Crippen MR) is 87.1 cm³/mol. The van der Waals surface area contributed by atoms with Gasteiger partial charge in [-0.05, 0) is 19.4 Å². The van der Waals surface area contributed by atoms with E-state index in [1.807, 2.05) is 36.5 Å². The highest BCUT2D eigenvalue weighted by molar-refractivity contribution is 5.40. The zero-order valence-corrected chi connectivity index (χ0v) is 13.1. The Labute approximate surface area is 131 Å². The van der Waals surface area contributed by atoms with E-state index in [4.69, 9.17) is 4.74 Å². The van der Waals surface area contributed by atoms with Crippen LogP contribution in [0.5, 0.6) is 5.88 Å². The Morgan fingerprint density at radius 2 is 2.05 bits per heavy atom. The molecule has 0 aliphatic carbocycles. The fourth-order valence-electron chi connectivity index (χ4n) is 2.62. The lowest BCUT2D eigenvalue weighted by atomic mass is 10.1. The monoisotopic (exact) mass is 298 g/mol. The number of hydrogen-bond donors (Lipinski definition) is 1. The third-order valence-electron chi connectivity index (χ3n) is 3.89. The number of rotatable bonds is 4. The van der Waals surface area contributed by atoms with E-state index in [9.17, 15) is 0 Å². The van der Waals surface area contributed by atoms with Gasteiger partial charge in [-0.25, -0.2) is 0 Å². The maximum atomic E-state index is 5.77. The third kappa shape index (κ3) is 3.54. The Bertz CT molecular complexity index is 605. The zero-order valence-electron chi connectivity index (χ0n) is 13.1. The van der Waals surface area contributed by atoms with Crippen LogP contribution >= 0.6 is 0 Å². The van der Waals surface area contributed by atoms with Gasteiger partial charge in [0, 0.05) is 25.2 Å². The molecule has 0 unspecified atom stereocenters. The number of piperazine rings is 1. The highest BCUT2D eigenvalue weighted by atomic mass is 16.5. The van der Waals surface area contributed by atoms with Gasteiger partial charge in [-0.2, -0.15) is 4.98 Å². The van der Waals surface area contributed by atoms with Crippen LogP contribution < -0.4 is 15.0 Å². The number of nitrogens with zero attached hydrogens (tertiary/aromatic N) is 3. The first kappa shape index (κ1) is 14.8. The molecule has 0 radical (unpaired) electrons. The molecule has 22 heavy (non-hydrogen) atoms. The van der Waals surface area contributed by atoms with E-state index >= 15 is 0 Å². The van der Waals surface area contributed by atoms with Crippen molar-refractivity contribution < 1.29 is 4.74 Å². The molecule has 1 saturated heterocycles. The van der Waals surface area contributed by atoms with Crippen LogP contribution in [0.1, 0.15) is 19.4 Å². The minimum Gasteiger partial charge on any atom is -0.472 e. The van der Waals surface area contributed by atoms with Gasteiger partial charge in [0.1, 0.15) is 6.61 Å². The van der Waals surface area contributed by atoms with Crippen LogP contribution in [0, 0.1) is 0 Å². The summed E-state index contributed by atoms with van der Waals surface area (Å²) in [5, 5.41) is 3.47. The number of ether oxygens (including phenoxy) is 1. The number of hydrogen-bond acceptors (Lipinski definition) is 5. The van der Waals surface area contributed by atoms with Crippen LogP contribution in [0.4, 0.5) is 5.82 Å². The third-order valence-corrected chi connectivity index (χ3v) is 3.89. The lowest BCUT2D eigenvalue weighted by Gasteiger charge is -2.38. The number of benzene rings is 1. The van der Waals surface area contributed by atoms with Crippen molar-refractivity contribution in [1.82, 2.24) is 15.3 Å². The van der Waals surface area contributed by atoms with E-state index in [1.54, 1.807) is 6.20 Å². The van der Waals surface area contributed by atoms with Crippen molar-refractivity contribution in [2.45, 2.75) is 32.5 Å². The molecular weight excluding hydrogens is 276 g/mol. The molecule has 2 aromatic rings. The number of aromatic nitrogens is 2. The molecule has 1 aromatic heterocycles. The SMILES string of the molecule is C[C@@H]1CN(c2cncc(OCc3ccccc3)n2)[C@@H](C)CN1. The zero-order chi connectivity index (χ0) is 15.4. The summed E-state index contributed by atoms with van der Waals surface area (Å²) in [6.07, 6.45) is 3.48. The van der Waals surface area contributed by atoms with Gasteiger partial charge in [0.2, 0.25) is 5.88 Å². The van der Waals surface area contributed by atoms with Crippen molar-refractivity contribution in [3.05, 3.63) is 48.3 Å². The standard InChI is InChI=1S/C17H22N4O/c1-13-11-21(14(2)8-19-13)16-9-18-10-17(20-16)22-12-15-6-4-3-5-7-15/h3-7,9-10,13-14,19H,8,11-12H2,1-2H3/t13-,14+/m1/s1. The molecule has 2 heterocycles. The van der Waals surface area contributed by atoms with Gasteiger partial charge in [-0.3, -0.25) is 4.98 Å². The highest BCUT2D eigenvalue weighted by Crippen LogP contribution is 2.19. The first-order valence-corrected chi connectivity index (χ1v) is 7.71. The van der Waals surface area contributed by atoms with Crippen molar-refractivity contribution in [3.8, 4) is 5.88 Å². The summed E-state index contributed by atoms with van der Waals surface area (Å²) in [6, 6.07) is 10.9. The molecule has 0 saturated carbocycles. The molecule has 1 aliphatic rings. The second kappa shape index (κ2) is 6.75. The van der Waals surface area contributed by atoms with Crippen molar-refractivity contribution in [3.63, 3.8) is 0 Å². The Balaban J connectivity index is 1.69. The fourth-order valence-corrected chi connectivity index (χ4v) is 2.62. The van der Waals surface area contributed by atoms with Crippen molar-refractivity contribution in [1.29, 1.82) is 0 Å². The van der Waals surface area contributed by atoms with Crippen LogP contribution in [-0.2, 0) is 6.61 Å². The van der Waals surface area contributed by atoms with Gasteiger partial charge >= 0.3 is 0 Å². The Kier molecular flexibility index (Phi) is 4.53. The number of nitrogens with one attached hydrogen (secondary N) is 1. The summed E-state index contributed by atoms with van der Waals surface area (Å²) in [4.78, 5) is 11.2. The van der Waals surface area contributed by atoms with Gasteiger partial charge < -0.3 is 15.0 Å². The summed E-state index contributed by atoms with van der Waals surface area (Å²) >= 11 is 0. The van der Waals surface area contributed by atoms with Crippen LogP contribution in [0.25, 0.3) is 0 Å². The average Bonchev–Trinajstić information content (AvgIpc) is 2.56. The summed E-state index contributed by atoms with van der Waals surface area (Å²) < 4.78 is 5.77. The van der Waals surface area contributed by atoms with E-state index in [0.717, 1.165) is 24.5 Å². The summed E-state index contributed by atoms with van der Waals surface area (Å²) in [5.41, 5.74) is 1.12. The molecule has 0 bridgehead atoms. The summed E-state index contributed by atoms with van der Waals surface area (Å²) in [6.45, 7) is 6.77. The van der Waals surface area contributed by atoms with Gasteiger partial charge in [-0.1, -0.05) is 30.3 Å². The molecule has 0 spiro atoms. The lowest BCUT2D eigenvalue weighted by molar-refractivity contribution is 0.292. The number of anilines is 1. The molecule has 0 amide bonds. The molecular formula is C17H22N4O. The Morgan fingerprint density at radius 3 is 2.86 bits per heavy atom. The largest absolute Gasteiger partial charge is 0.472 e. The van der Waals surface area contributed by atoms with E-state index < -0.39 is 0 Å². The second-order valence-electron chi connectivity index (χ2n) is 5.80. The minimum atomic E-state index is 0.398. The molecule has 1 N–H and O–H groups in total. The maximum Gasteiger partial charge on any atom is 0.234 e. The summed E-state index contributed by atoms with van der Waals surface area (Å²) in [5.74, 6) is 1.45. The van der Waals surface area contributed by atoms with Crippen molar-refractivity contribution in [2.24, 2.45) is 0 Å². The van der Waals surface area contributed by atoms with Crippen LogP contribution in [-0.4, -0.2) is 35.1 Å².